The van der Waals surface area contributed by atoms with Crippen LogP contribution in [0.3, 0.4) is 0 Å². The lowest BCUT2D eigenvalue weighted by atomic mass is 10.1. The second kappa shape index (κ2) is 5.94. The summed E-state index contributed by atoms with van der Waals surface area (Å²) >= 11 is 12.2. The lowest BCUT2D eigenvalue weighted by molar-refractivity contribution is 0.330. The van der Waals surface area contributed by atoms with Gasteiger partial charge in [-0.2, -0.15) is 4.98 Å². The highest BCUT2D eigenvalue weighted by Crippen LogP contribution is 2.31. The van der Waals surface area contributed by atoms with E-state index in [9.17, 15) is 0 Å². The molecule has 0 bridgehead atoms. The molecule has 2 heterocycles. The summed E-state index contributed by atoms with van der Waals surface area (Å²) in [4.78, 5) is 12.8. The molecule has 112 valence electrons. The molecule has 0 radical (unpaired) electrons. The predicted molar refractivity (Wildman–Crippen MR) is 88.4 cm³/mol. The first-order valence-electron chi connectivity index (χ1n) is 6.61. The van der Waals surface area contributed by atoms with Gasteiger partial charge < -0.3 is 10.5 Å². The van der Waals surface area contributed by atoms with Crippen LogP contribution in [0.1, 0.15) is 6.92 Å². The Balaban J connectivity index is 2.20. The maximum absolute atomic E-state index is 6.23. The van der Waals surface area contributed by atoms with Gasteiger partial charge in [-0.1, -0.05) is 23.2 Å². The summed E-state index contributed by atoms with van der Waals surface area (Å²) in [6.07, 6.45) is 0. The minimum Gasteiger partial charge on any atom is -0.476 e. The van der Waals surface area contributed by atoms with Crippen molar-refractivity contribution >= 4 is 40.2 Å². The average molecular weight is 335 g/mol. The van der Waals surface area contributed by atoms with Gasteiger partial charge in [0.05, 0.1) is 22.8 Å². The van der Waals surface area contributed by atoms with Gasteiger partial charge in [-0.05, 0) is 37.3 Å². The smallest absolute Gasteiger partial charge is 0.245 e. The zero-order chi connectivity index (χ0) is 15.7. The Bertz CT molecular complexity index is 854. The molecule has 0 aliphatic carbocycles. The maximum Gasteiger partial charge on any atom is 0.245 e. The standard InChI is InChI=1S/C15H12Cl2N4O/c1-2-22-14-13-12(20-15(18)21-14)6-5-11(19-13)9-4-3-8(16)7-10(9)17/h3-7H,2H2,1H3,(H2,18,20,21). The van der Waals surface area contributed by atoms with Gasteiger partial charge in [0, 0.05) is 10.6 Å². The zero-order valence-corrected chi connectivity index (χ0v) is 13.2. The Morgan fingerprint density at radius 2 is 1.91 bits per heavy atom. The number of pyridine rings is 1. The molecular formula is C15H12Cl2N4O. The molecule has 0 atom stereocenters. The van der Waals surface area contributed by atoms with E-state index < -0.39 is 0 Å². The molecule has 0 spiro atoms. The summed E-state index contributed by atoms with van der Waals surface area (Å²) in [7, 11) is 0. The largest absolute Gasteiger partial charge is 0.476 e. The minimum absolute atomic E-state index is 0.148. The van der Waals surface area contributed by atoms with Crippen LogP contribution >= 0.6 is 23.2 Å². The van der Waals surface area contributed by atoms with Crippen molar-refractivity contribution in [2.45, 2.75) is 6.92 Å². The first kappa shape index (κ1) is 14.8. The van der Waals surface area contributed by atoms with Gasteiger partial charge >= 0.3 is 0 Å². The molecular weight excluding hydrogens is 323 g/mol. The third kappa shape index (κ3) is 2.77. The first-order valence-corrected chi connectivity index (χ1v) is 7.36. The molecule has 0 saturated carbocycles. The monoisotopic (exact) mass is 334 g/mol. The second-order valence-corrected chi connectivity index (χ2v) is 5.35. The van der Waals surface area contributed by atoms with E-state index in [0.717, 1.165) is 5.56 Å². The maximum atomic E-state index is 6.23. The van der Waals surface area contributed by atoms with Crippen LogP contribution in [0.4, 0.5) is 5.95 Å². The average Bonchev–Trinajstić information content (AvgIpc) is 2.47. The van der Waals surface area contributed by atoms with Crippen LogP contribution in [0.25, 0.3) is 22.3 Å². The summed E-state index contributed by atoms with van der Waals surface area (Å²) < 4.78 is 5.49. The van der Waals surface area contributed by atoms with E-state index in [1.165, 1.54) is 0 Å². The Labute approximate surface area is 137 Å². The number of nitrogens with two attached hydrogens (primary N) is 1. The van der Waals surface area contributed by atoms with E-state index in [1.54, 1.807) is 12.1 Å². The minimum atomic E-state index is 0.148. The number of fused-ring (bicyclic) bond motifs is 1. The molecule has 2 N–H and O–H groups in total. The number of aromatic nitrogens is 3. The van der Waals surface area contributed by atoms with Gasteiger partial charge in [0.1, 0.15) is 0 Å². The second-order valence-electron chi connectivity index (χ2n) is 4.51. The first-order chi connectivity index (χ1) is 10.6. The Morgan fingerprint density at radius 1 is 1.09 bits per heavy atom. The van der Waals surface area contributed by atoms with Crippen LogP contribution in [0, 0.1) is 0 Å². The van der Waals surface area contributed by atoms with Crippen molar-refractivity contribution in [2.24, 2.45) is 0 Å². The van der Waals surface area contributed by atoms with Crippen LogP contribution in [-0.2, 0) is 0 Å². The van der Waals surface area contributed by atoms with Crippen molar-refractivity contribution in [3.05, 3.63) is 40.4 Å². The number of hydrogen-bond donors (Lipinski definition) is 1. The number of nitrogens with zero attached hydrogens (tertiary/aromatic N) is 3. The molecule has 0 amide bonds. The lowest BCUT2D eigenvalue weighted by Crippen LogP contribution is -2.03. The van der Waals surface area contributed by atoms with E-state index in [-0.39, 0.29) is 5.95 Å². The number of hydrogen-bond acceptors (Lipinski definition) is 5. The van der Waals surface area contributed by atoms with Gasteiger partial charge in [-0.25, -0.2) is 9.97 Å². The Kier molecular flexibility index (Phi) is 4.00. The summed E-state index contributed by atoms with van der Waals surface area (Å²) in [6, 6.07) is 8.88. The van der Waals surface area contributed by atoms with Crippen molar-refractivity contribution in [1.29, 1.82) is 0 Å². The predicted octanol–water partition coefficient (Wildman–Crippen LogP) is 3.98. The van der Waals surface area contributed by atoms with Crippen LogP contribution in [-0.4, -0.2) is 21.6 Å². The third-order valence-corrected chi connectivity index (χ3v) is 3.56. The fourth-order valence-electron chi connectivity index (χ4n) is 2.09. The molecule has 2 aromatic heterocycles. The molecule has 0 aliphatic heterocycles. The molecule has 3 rings (SSSR count). The van der Waals surface area contributed by atoms with Gasteiger partial charge in [-0.15, -0.1) is 0 Å². The number of anilines is 1. The Hall–Kier alpha value is -2.11. The zero-order valence-electron chi connectivity index (χ0n) is 11.7. The molecule has 0 unspecified atom stereocenters. The van der Waals surface area contributed by atoms with Gasteiger partial charge in [-0.3, -0.25) is 0 Å². The van der Waals surface area contributed by atoms with Crippen LogP contribution < -0.4 is 10.5 Å². The van der Waals surface area contributed by atoms with Crippen LogP contribution in [0.2, 0.25) is 10.0 Å². The number of ether oxygens (including phenoxy) is 1. The lowest BCUT2D eigenvalue weighted by Gasteiger charge is -2.09. The normalized spacial score (nSPS) is 10.9. The van der Waals surface area contributed by atoms with Crippen molar-refractivity contribution < 1.29 is 4.74 Å². The fraction of sp³-hybridized carbons (Fsp3) is 0.133. The molecule has 22 heavy (non-hydrogen) atoms. The summed E-state index contributed by atoms with van der Waals surface area (Å²) in [6.45, 7) is 2.32. The van der Waals surface area contributed by atoms with E-state index in [1.807, 2.05) is 25.1 Å². The Morgan fingerprint density at radius 3 is 2.64 bits per heavy atom. The SMILES string of the molecule is CCOc1nc(N)nc2ccc(-c3ccc(Cl)cc3Cl)nc12. The number of benzene rings is 1. The summed E-state index contributed by atoms with van der Waals surface area (Å²) in [5, 5.41) is 1.09. The van der Waals surface area contributed by atoms with Crippen LogP contribution in [0.15, 0.2) is 30.3 Å². The van der Waals surface area contributed by atoms with E-state index >= 15 is 0 Å². The molecule has 0 fully saturated rings. The quantitative estimate of drug-likeness (QED) is 0.784. The van der Waals surface area contributed by atoms with E-state index in [0.29, 0.717) is 39.3 Å². The molecule has 7 heteroatoms. The number of rotatable bonds is 3. The highest BCUT2D eigenvalue weighted by molar-refractivity contribution is 6.36. The van der Waals surface area contributed by atoms with Gasteiger partial charge in [0.2, 0.25) is 11.8 Å². The molecule has 5 nitrogen and oxygen atoms in total. The molecule has 0 saturated heterocycles. The van der Waals surface area contributed by atoms with E-state index in [2.05, 4.69) is 15.0 Å². The fourth-order valence-corrected chi connectivity index (χ4v) is 2.59. The third-order valence-electron chi connectivity index (χ3n) is 3.02. The highest BCUT2D eigenvalue weighted by Gasteiger charge is 2.12. The summed E-state index contributed by atoms with van der Waals surface area (Å²) in [5.41, 5.74) is 8.29. The molecule has 0 aliphatic rings. The summed E-state index contributed by atoms with van der Waals surface area (Å²) in [5.74, 6) is 0.506. The highest BCUT2D eigenvalue weighted by atomic mass is 35.5. The van der Waals surface area contributed by atoms with Gasteiger partial charge in [0.15, 0.2) is 5.52 Å². The number of halogens is 2. The van der Waals surface area contributed by atoms with Crippen molar-refractivity contribution in [2.75, 3.05) is 12.3 Å². The van der Waals surface area contributed by atoms with Crippen molar-refractivity contribution in [3.63, 3.8) is 0 Å². The van der Waals surface area contributed by atoms with Crippen molar-refractivity contribution in [3.8, 4) is 17.1 Å². The van der Waals surface area contributed by atoms with Gasteiger partial charge in [0.25, 0.3) is 0 Å². The topological polar surface area (TPSA) is 73.9 Å². The van der Waals surface area contributed by atoms with Crippen molar-refractivity contribution in [1.82, 2.24) is 15.0 Å². The van der Waals surface area contributed by atoms with Crippen LogP contribution in [0.5, 0.6) is 5.88 Å². The van der Waals surface area contributed by atoms with E-state index in [4.69, 9.17) is 33.7 Å². The molecule has 3 aromatic rings. The number of nitrogen functional groups attached to an aromatic ring is 1. The molecule has 1 aromatic carbocycles.